The minimum absolute atomic E-state index is 0.0879. The van der Waals surface area contributed by atoms with Gasteiger partial charge in [-0.25, -0.2) is 0 Å². The molecule has 0 spiro atoms. The van der Waals surface area contributed by atoms with Crippen LogP contribution in [0.1, 0.15) is 239 Å². The normalized spacial score (nSPS) is 12.6. The summed E-state index contributed by atoms with van der Waals surface area (Å²) in [6, 6.07) is 0. The molecule has 0 aromatic heterocycles. The van der Waals surface area contributed by atoms with E-state index in [1.165, 1.54) is 77.0 Å². The number of hydrogen-bond acceptors (Lipinski definition) is 6. The zero-order valence-electron chi connectivity index (χ0n) is 39.9. The average molecular weight is 851 g/mol. The van der Waals surface area contributed by atoms with Gasteiger partial charge in [-0.05, 0) is 96.3 Å². The van der Waals surface area contributed by atoms with Crippen molar-refractivity contribution in [1.82, 2.24) is 0 Å². The molecule has 0 aromatic rings. The van der Waals surface area contributed by atoms with Crippen LogP contribution in [-0.4, -0.2) is 37.2 Å². The van der Waals surface area contributed by atoms with E-state index in [-0.39, 0.29) is 31.1 Å². The Labute approximate surface area is 376 Å². The third kappa shape index (κ3) is 47.7. The summed E-state index contributed by atoms with van der Waals surface area (Å²) in [7, 11) is 0. The van der Waals surface area contributed by atoms with Gasteiger partial charge in [0, 0.05) is 19.3 Å². The number of rotatable bonds is 45. The van der Waals surface area contributed by atoms with Crippen LogP contribution in [0.25, 0.3) is 0 Å². The highest BCUT2D eigenvalue weighted by atomic mass is 16.6. The summed E-state index contributed by atoms with van der Waals surface area (Å²) < 4.78 is 16.7. The van der Waals surface area contributed by atoms with E-state index < -0.39 is 6.10 Å². The van der Waals surface area contributed by atoms with Crippen molar-refractivity contribution in [3.63, 3.8) is 0 Å². The van der Waals surface area contributed by atoms with Crippen LogP contribution >= 0.6 is 0 Å². The summed E-state index contributed by atoms with van der Waals surface area (Å²) in [5.41, 5.74) is 0. The summed E-state index contributed by atoms with van der Waals surface area (Å²) in [5, 5.41) is 0. The maximum atomic E-state index is 12.8. The van der Waals surface area contributed by atoms with Crippen LogP contribution in [0.3, 0.4) is 0 Å². The van der Waals surface area contributed by atoms with Crippen molar-refractivity contribution in [2.75, 3.05) is 13.2 Å². The van der Waals surface area contributed by atoms with E-state index in [9.17, 15) is 14.4 Å². The second-order valence-corrected chi connectivity index (χ2v) is 16.7. The molecule has 0 fully saturated rings. The van der Waals surface area contributed by atoms with E-state index in [1.807, 2.05) is 0 Å². The fourth-order valence-electron chi connectivity index (χ4n) is 6.92. The predicted molar refractivity (Wildman–Crippen MR) is 261 cm³/mol. The molecule has 0 N–H and O–H groups in total. The molecule has 0 rings (SSSR count). The number of esters is 3. The van der Waals surface area contributed by atoms with E-state index >= 15 is 0 Å². The zero-order valence-corrected chi connectivity index (χ0v) is 39.9. The molecule has 0 saturated heterocycles. The number of unbranched alkanes of at least 4 members (excludes halogenated alkanes) is 23. The molecule has 350 valence electrons. The molecule has 0 heterocycles. The molecule has 1 unspecified atom stereocenters. The Kier molecular flexibility index (Phi) is 46.9. The first-order valence-electron chi connectivity index (χ1n) is 25.5. The highest BCUT2D eigenvalue weighted by molar-refractivity contribution is 5.71. The average Bonchev–Trinajstić information content (AvgIpc) is 3.26. The monoisotopic (exact) mass is 851 g/mol. The van der Waals surface area contributed by atoms with Crippen LogP contribution < -0.4 is 0 Å². The maximum Gasteiger partial charge on any atom is 0.306 e. The maximum absolute atomic E-state index is 12.8. The van der Waals surface area contributed by atoms with Crippen LogP contribution in [0.4, 0.5) is 0 Å². The largest absolute Gasteiger partial charge is 0.462 e. The third-order valence-electron chi connectivity index (χ3n) is 10.7. The molecule has 6 heteroatoms. The Morgan fingerprint density at radius 1 is 0.361 bits per heavy atom. The first-order valence-corrected chi connectivity index (χ1v) is 25.5. The zero-order chi connectivity index (χ0) is 44.4. The molecular weight excluding hydrogens is 757 g/mol. The van der Waals surface area contributed by atoms with Gasteiger partial charge in [-0.15, -0.1) is 0 Å². The summed E-state index contributed by atoms with van der Waals surface area (Å²) in [6.45, 7) is 6.36. The Bertz CT molecular complexity index is 1160. The van der Waals surface area contributed by atoms with Crippen molar-refractivity contribution in [2.45, 2.75) is 245 Å². The van der Waals surface area contributed by atoms with Crippen molar-refractivity contribution >= 4 is 17.9 Å². The van der Waals surface area contributed by atoms with E-state index in [0.29, 0.717) is 19.3 Å². The third-order valence-corrected chi connectivity index (χ3v) is 10.7. The van der Waals surface area contributed by atoms with Gasteiger partial charge in [0.2, 0.25) is 0 Å². The predicted octanol–water partition coefficient (Wildman–Crippen LogP) is 16.6. The number of hydrogen-bond donors (Lipinski definition) is 0. The summed E-state index contributed by atoms with van der Waals surface area (Å²) in [4.78, 5) is 37.9. The van der Waals surface area contributed by atoms with Crippen molar-refractivity contribution in [3.8, 4) is 0 Å². The van der Waals surface area contributed by atoms with Crippen LogP contribution in [0, 0.1) is 0 Å². The fourth-order valence-corrected chi connectivity index (χ4v) is 6.92. The van der Waals surface area contributed by atoms with E-state index in [2.05, 4.69) is 93.7 Å². The number of carbonyl (C=O) groups excluding carboxylic acids is 3. The fraction of sp³-hybridized carbons (Fsp3) is 0.727. The standard InChI is InChI=1S/C55H94O6/c1-4-7-10-13-16-19-22-25-26-27-28-29-30-31-34-36-39-42-45-48-54(57)60-51-52(61-55(58)49-46-43-40-37-33-24-21-18-15-12-9-6-3)50-59-53(56)47-44-41-38-35-32-23-20-17-14-11-8-5-2/h8-9,11-12,16-22,25,52H,4-7,10,13-15,23-24,26-51H2,1-3H3/b11-8-,12-9-,19-16-,20-17-,21-18-,25-22-. The van der Waals surface area contributed by atoms with Crippen molar-refractivity contribution in [3.05, 3.63) is 72.9 Å². The lowest BCUT2D eigenvalue weighted by atomic mass is 10.1. The van der Waals surface area contributed by atoms with Gasteiger partial charge in [-0.1, -0.05) is 196 Å². The van der Waals surface area contributed by atoms with Gasteiger partial charge in [0.25, 0.3) is 0 Å². The molecule has 1 atom stereocenters. The van der Waals surface area contributed by atoms with Gasteiger partial charge in [0.1, 0.15) is 13.2 Å². The lowest BCUT2D eigenvalue weighted by Gasteiger charge is -2.18. The van der Waals surface area contributed by atoms with Crippen molar-refractivity contribution in [2.24, 2.45) is 0 Å². The first kappa shape index (κ1) is 57.9. The highest BCUT2D eigenvalue weighted by Crippen LogP contribution is 2.14. The van der Waals surface area contributed by atoms with Crippen LogP contribution in [0.5, 0.6) is 0 Å². The molecule has 0 radical (unpaired) electrons. The Morgan fingerprint density at radius 3 is 1.08 bits per heavy atom. The van der Waals surface area contributed by atoms with E-state index in [0.717, 1.165) is 122 Å². The highest BCUT2D eigenvalue weighted by Gasteiger charge is 2.19. The molecule has 0 aliphatic carbocycles. The Hall–Kier alpha value is -3.15. The van der Waals surface area contributed by atoms with Crippen molar-refractivity contribution < 1.29 is 28.6 Å². The molecule has 0 saturated carbocycles. The molecule has 0 aliphatic heterocycles. The summed E-state index contributed by atoms with van der Waals surface area (Å²) in [6.07, 6.45) is 61.7. The van der Waals surface area contributed by atoms with Gasteiger partial charge >= 0.3 is 17.9 Å². The lowest BCUT2D eigenvalue weighted by Crippen LogP contribution is -2.30. The lowest BCUT2D eigenvalue weighted by molar-refractivity contribution is -0.167. The molecule has 61 heavy (non-hydrogen) atoms. The van der Waals surface area contributed by atoms with E-state index in [1.54, 1.807) is 0 Å². The minimum Gasteiger partial charge on any atom is -0.462 e. The number of carbonyl (C=O) groups is 3. The van der Waals surface area contributed by atoms with Gasteiger partial charge in [0.05, 0.1) is 0 Å². The van der Waals surface area contributed by atoms with Crippen LogP contribution in [0.2, 0.25) is 0 Å². The van der Waals surface area contributed by atoms with Gasteiger partial charge in [-0.2, -0.15) is 0 Å². The Balaban J connectivity index is 4.35. The van der Waals surface area contributed by atoms with Gasteiger partial charge in [0.15, 0.2) is 6.10 Å². The number of allylic oxidation sites excluding steroid dienone is 12. The molecule has 0 bridgehead atoms. The molecule has 0 amide bonds. The van der Waals surface area contributed by atoms with E-state index in [4.69, 9.17) is 14.2 Å². The topological polar surface area (TPSA) is 78.9 Å². The second kappa shape index (κ2) is 49.5. The first-order chi connectivity index (χ1) is 30.0. The SMILES string of the molecule is CC/C=C\C/C=C\CCCCCCCC(=O)OCC(COC(=O)CCCCCCCCCCCC/C=C\C=C/CCCCC)OC(=O)CCCCCCC/C=C\C/C=C\CC. The molecule has 6 nitrogen and oxygen atoms in total. The Morgan fingerprint density at radius 2 is 0.689 bits per heavy atom. The quantitative estimate of drug-likeness (QED) is 0.0200. The van der Waals surface area contributed by atoms with Crippen LogP contribution in [-0.2, 0) is 28.6 Å². The van der Waals surface area contributed by atoms with Gasteiger partial charge < -0.3 is 14.2 Å². The smallest absolute Gasteiger partial charge is 0.306 e. The molecule has 0 aromatic carbocycles. The van der Waals surface area contributed by atoms with Crippen LogP contribution in [0.15, 0.2) is 72.9 Å². The number of ether oxygens (including phenoxy) is 3. The van der Waals surface area contributed by atoms with Gasteiger partial charge in [-0.3, -0.25) is 14.4 Å². The second-order valence-electron chi connectivity index (χ2n) is 16.7. The molecule has 0 aliphatic rings. The summed E-state index contributed by atoms with van der Waals surface area (Å²) in [5.74, 6) is -0.922. The minimum atomic E-state index is -0.788. The van der Waals surface area contributed by atoms with Crippen molar-refractivity contribution in [1.29, 1.82) is 0 Å². The molecular formula is C55H94O6. The summed E-state index contributed by atoms with van der Waals surface area (Å²) >= 11 is 0.